The Morgan fingerprint density at radius 3 is 2.34 bits per heavy atom. The van der Waals surface area contributed by atoms with Gasteiger partial charge in [-0.3, -0.25) is 19.0 Å². The van der Waals surface area contributed by atoms with Gasteiger partial charge >= 0.3 is 17.9 Å². The average molecular weight is 644 g/mol. The fraction of sp³-hybridized carbons (Fsp3) is 0.276. The van der Waals surface area contributed by atoms with E-state index in [1.807, 2.05) is 0 Å². The number of carbonyl (C=O) groups is 3. The normalized spacial score (nSPS) is 14.7. The van der Waals surface area contributed by atoms with Crippen LogP contribution in [0.15, 0.2) is 61.9 Å². The molecule has 0 bridgehead atoms. The van der Waals surface area contributed by atoms with Crippen molar-refractivity contribution in [2.45, 2.75) is 40.7 Å². The molecule has 10 nitrogen and oxygen atoms in total. The average Bonchev–Trinajstić information content (AvgIpc) is 3.19. The molecule has 1 aromatic heterocycles. The van der Waals surface area contributed by atoms with Gasteiger partial charge in [-0.1, -0.05) is 33.3 Å². The van der Waals surface area contributed by atoms with E-state index in [-0.39, 0.29) is 36.0 Å². The van der Waals surface area contributed by atoms with Crippen LogP contribution >= 0.6 is 27.3 Å². The largest absolute Gasteiger partial charge is 0.490 e. The highest BCUT2D eigenvalue weighted by Crippen LogP contribution is 2.36. The van der Waals surface area contributed by atoms with Crippen LogP contribution in [0, 0.1) is 0 Å². The summed E-state index contributed by atoms with van der Waals surface area (Å²) in [6.07, 6.45) is 1.61. The zero-order valence-electron chi connectivity index (χ0n) is 23.0. The van der Waals surface area contributed by atoms with Gasteiger partial charge in [0.1, 0.15) is 5.75 Å². The van der Waals surface area contributed by atoms with Crippen LogP contribution in [0.2, 0.25) is 0 Å². The van der Waals surface area contributed by atoms with E-state index in [0.29, 0.717) is 26.2 Å². The van der Waals surface area contributed by atoms with Crippen molar-refractivity contribution >= 4 is 51.3 Å². The molecule has 0 amide bonds. The van der Waals surface area contributed by atoms with Gasteiger partial charge in [-0.2, -0.15) is 0 Å². The number of halogens is 1. The number of ether oxygens (including phenoxy) is 4. The Morgan fingerprint density at radius 1 is 1.00 bits per heavy atom. The van der Waals surface area contributed by atoms with Crippen molar-refractivity contribution in [3.63, 3.8) is 0 Å². The van der Waals surface area contributed by atoms with Crippen LogP contribution in [0.5, 0.6) is 17.2 Å². The molecule has 2 aromatic carbocycles. The molecule has 214 valence electrons. The molecule has 3 aromatic rings. The predicted octanol–water partition coefficient (Wildman–Crippen LogP) is 3.81. The van der Waals surface area contributed by atoms with Gasteiger partial charge in [-0.25, -0.2) is 9.79 Å². The van der Waals surface area contributed by atoms with Crippen LogP contribution in [0.1, 0.15) is 51.8 Å². The van der Waals surface area contributed by atoms with Gasteiger partial charge in [0, 0.05) is 23.9 Å². The predicted molar refractivity (Wildman–Crippen MR) is 155 cm³/mol. The zero-order valence-corrected chi connectivity index (χ0v) is 25.4. The molecule has 1 unspecified atom stereocenters. The number of hydrogen-bond donors (Lipinski definition) is 0. The van der Waals surface area contributed by atoms with Gasteiger partial charge in [0.2, 0.25) is 0 Å². The Kier molecular flexibility index (Phi) is 9.24. The van der Waals surface area contributed by atoms with Crippen LogP contribution in [0.3, 0.4) is 0 Å². The van der Waals surface area contributed by atoms with Crippen LogP contribution < -0.4 is 29.1 Å². The molecule has 0 N–H and O–H groups in total. The first-order chi connectivity index (χ1) is 19.5. The van der Waals surface area contributed by atoms with E-state index in [0.717, 1.165) is 15.8 Å². The lowest BCUT2D eigenvalue weighted by Gasteiger charge is -2.25. The molecule has 41 heavy (non-hydrogen) atoms. The monoisotopic (exact) mass is 642 g/mol. The molecule has 12 heteroatoms. The molecule has 0 fully saturated rings. The van der Waals surface area contributed by atoms with E-state index in [1.165, 1.54) is 18.4 Å². The van der Waals surface area contributed by atoms with E-state index >= 15 is 0 Å². The second-order valence-electron chi connectivity index (χ2n) is 8.81. The second kappa shape index (κ2) is 12.6. The molecule has 1 aliphatic rings. The highest BCUT2D eigenvalue weighted by atomic mass is 79.9. The third-order valence-corrected chi connectivity index (χ3v) is 7.34. The van der Waals surface area contributed by atoms with Crippen LogP contribution in [0.4, 0.5) is 0 Å². The van der Waals surface area contributed by atoms with E-state index < -0.39 is 29.5 Å². The molecule has 1 atom stereocenters. The number of aromatic nitrogens is 1. The van der Waals surface area contributed by atoms with E-state index in [2.05, 4.69) is 20.9 Å². The Labute approximate surface area is 247 Å². The minimum atomic E-state index is -0.909. The molecular weight excluding hydrogens is 616 g/mol. The summed E-state index contributed by atoms with van der Waals surface area (Å²) in [5.41, 5.74) is 1.20. The molecule has 0 radical (unpaired) electrons. The number of carbonyl (C=O) groups excluding carboxylic acids is 3. The van der Waals surface area contributed by atoms with Gasteiger partial charge in [-0.05, 0) is 62.7 Å². The maximum atomic E-state index is 14.0. The summed E-state index contributed by atoms with van der Waals surface area (Å²) in [5.74, 6) is -0.856. The summed E-state index contributed by atoms with van der Waals surface area (Å²) in [4.78, 5) is 55.4. The molecule has 0 saturated heterocycles. The number of esters is 3. The van der Waals surface area contributed by atoms with Crippen molar-refractivity contribution < 1.29 is 33.3 Å². The molecular formula is C29H27BrN2O8S. The number of benzene rings is 2. The van der Waals surface area contributed by atoms with Gasteiger partial charge in [0.25, 0.3) is 5.56 Å². The van der Waals surface area contributed by atoms with Crippen molar-refractivity contribution in [3.05, 3.63) is 83.0 Å². The van der Waals surface area contributed by atoms with Crippen molar-refractivity contribution in [1.29, 1.82) is 0 Å². The molecule has 0 aliphatic carbocycles. The van der Waals surface area contributed by atoms with Gasteiger partial charge in [0.15, 0.2) is 16.3 Å². The smallest absolute Gasteiger partial charge is 0.338 e. The molecule has 1 aliphatic heterocycles. The van der Waals surface area contributed by atoms with Gasteiger partial charge in [0.05, 0.1) is 35.1 Å². The minimum absolute atomic E-state index is 0.129. The Bertz CT molecular complexity index is 1750. The molecule has 2 heterocycles. The topological polar surface area (TPSA) is 122 Å². The summed E-state index contributed by atoms with van der Waals surface area (Å²) in [5, 5.41) is 0. The third-order valence-electron chi connectivity index (χ3n) is 5.87. The maximum Gasteiger partial charge on any atom is 0.338 e. The lowest BCUT2D eigenvalue weighted by atomic mass is 9.95. The molecule has 0 spiro atoms. The van der Waals surface area contributed by atoms with E-state index in [9.17, 15) is 19.2 Å². The summed E-state index contributed by atoms with van der Waals surface area (Å²) < 4.78 is 24.2. The van der Waals surface area contributed by atoms with Crippen LogP contribution in [-0.2, 0) is 19.1 Å². The number of rotatable bonds is 8. The van der Waals surface area contributed by atoms with Gasteiger partial charge in [-0.15, -0.1) is 0 Å². The molecule has 4 rings (SSSR count). The zero-order chi connectivity index (χ0) is 29.8. The third kappa shape index (κ3) is 6.49. The first-order valence-corrected chi connectivity index (χ1v) is 14.3. The first-order valence-electron chi connectivity index (χ1n) is 12.7. The number of thiazole rings is 1. The standard InChI is InChI=1S/C29H27BrN2O8S/c1-6-37-23-13-18(8-10-22(23)40-17(5)34)26-25(28(36)38-7-2)15(3)31-29-32(26)27(35)24(41-29)14-19-12-20(30)9-11-21(19)39-16(4)33/h8-14,26H,6-7H2,1-5H3. The lowest BCUT2D eigenvalue weighted by molar-refractivity contribution is -0.139. The summed E-state index contributed by atoms with van der Waals surface area (Å²) >= 11 is 4.55. The molecule has 0 saturated carbocycles. The van der Waals surface area contributed by atoms with Gasteiger partial charge < -0.3 is 18.9 Å². The number of allylic oxidation sites excluding steroid dienone is 1. The number of hydrogen-bond acceptors (Lipinski definition) is 10. The summed E-state index contributed by atoms with van der Waals surface area (Å²) in [7, 11) is 0. The Balaban J connectivity index is 1.97. The van der Waals surface area contributed by atoms with E-state index in [1.54, 1.807) is 63.2 Å². The minimum Gasteiger partial charge on any atom is -0.490 e. The number of fused-ring (bicyclic) bond motifs is 1. The highest BCUT2D eigenvalue weighted by Gasteiger charge is 2.34. The van der Waals surface area contributed by atoms with Crippen molar-refractivity contribution in [2.24, 2.45) is 4.99 Å². The fourth-order valence-electron chi connectivity index (χ4n) is 4.33. The quantitative estimate of drug-likeness (QED) is 0.269. The summed E-state index contributed by atoms with van der Waals surface area (Å²) in [6.45, 7) is 8.15. The SMILES string of the molecule is CCOC(=O)C1=C(C)N=c2sc(=Cc3cc(Br)ccc3OC(C)=O)c(=O)n2C1c1ccc(OC(C)=O)c(OCC)c1. The first kappa shape index (κ1) is 29.9. The van der Waals surface area contributed by atoms with E-state index in [4.69, 9.17) is 18.9 Å². The number of nitrogens with zero attached hydrogens (tertiary/aromatic N) is 2. The Hall–Kier alpha value is -4.03. The van der Waals surface area contributed by atoms with Crippen LogP contribution in [0.25, 0.3) is 6.08 Å². The Morgan fingerprint density at radius 2 is 1.68 bits per heavy atom. The lowest BCUT2D eigenvalue weighted by Crippen LogP contribution is -2.40. The second-order valence-corrected chi connectivity index (χ2v) is 10.7. The van der Waals surface area contributed by atoms with Crippen LogP contribution in [-0.4, -0.2) is 35.7 Å². The fourth-order valence-corrected chi connectivity index (χ4v) is 5.75. The van der Waals surface area contributed by atoms with Crippen molar-refractivity contribution in [1.82, 2.24) is 4.57 Å². The van der Waals surface area contributed by atoms with Crippen molar-refractivity contribution in [2.75, 3.05) is 13.2 Å². The maximum absolute atomic E-state index is 14.0. The highest BCUT2D eigenvalue weighted by molar-refractivity contribution is 9.10. The van der Waals surface area contributed by atoms with Crippen molar-refractivity contribution in [3.8, 4) is 17.2 Å². The summed E-state index contributed by atoms with van der Waals surface area (Å²) in [6, 6.07) is 9.02.